The molecular formula is C12H14N4O2. The summed E-state index contributed by atoms with van der Waals surface area (Å²) in [5.74, 6) is 0. The quantitative estimate of drug-likeness (QED) is 0.579. The minimum absolute atomic E-state index is 0.109. The summed E-state index contributed by atoms with van der Waals surface area (Å²) in [7, 11) is 2.05. The summed E-state index contributed by atoms with van der Waals surface area (Å²) in [6, 6.07) is 6.63. The molecule has 0 spiro atoms. The zero-order valence-corrected chi connectivity index (χ0v) is 10.2. The minimum Gasteiger partial charge on any atom is -0.369 e. The van der Waals surface area contributed by atoms with E-state index >= 15 is 0 Å². The Bertz CT molecular complexity index is 501. The lowest BCUT2D eigenvalue weighted by molar-refractivity contribution is -0.385. The van der Waals surface area contributed by atoms with E-state index in [1.165, 1.54) is 12.1 Å². The second-order valence-corrected chi connectivity index (χ2v) is 4.36. The van der Waals surface area contributed by atoms with E-state index in [1.807, 2.05) is 6.07 Å². The first-order chi connectivity index (χ1) is 8.61. The van der Waals surface area contributed by atoms with E-state index < -0.39 is 4.92 Å². The van der Waals surface area contributed by atoms with Crippen molar-refractivity contribution in [2.45, 2.75) is 0 Å². The highest BCUT2D eigenvalue weighted by molar-refractivity contribution is 5.60. The number of hydrogen-bond acceptors (Lipinski definition) is 5. The van der Waals surface area contributed by atoms with E-state index in [9.17, 15) is 10.1 Å². The van der Waals surface area contributed by atoms with Gasteiger partial charge >= 0.3 is 0 Å². The van der Waals surface area contributed by atoms with Crippen molar-refractivity contribution in [3.8, 4) is 6.07 Å². The number of piperazine rings is 1. The molecule has 1 fully saturated rings. The predicted octanol–water partition coefficient (Wildman–Crippen LogP) is 1.22. The summed E-state index contributed by atoms with van der Waals surface area (Å²) in [4.78, 5) is 14.7. The number of nitriles is 1. The van der Waals surface area contributed by atoms with Crippen molar-refractivity contribution in [2.24, 2.45) is 0 Å². The maximum atomic E-state index is 10.9. The first-order valence-electron chi connectivity index (χ1n) is 5.74. The van der Waals surface area contributed by atoms with Crippen LogP contribution in [0.5, 0.6) is 0 Å². The average Bonchev–Trinajstić information content (AvgIpc) is 2.39. The fraction of sp³-hybridized carbons (Fsp3) is 0.417. The topological polar surface area (TPSA) is 73.4 Å². The van der Waals surface area contributed by atoms with Gasteiger partial charge in [0.2, 0.25) is 0 Å². The highest BCUT2D eigenvalue weighted by atomic mass is 16.6. The largest absolute Gasteiger partial charge is 0.369 e. The molecule has 0 atom stereocenters. The van der Waals surface area contributed by atoms with E-state index in [2.05, 4.69) is 16.8 Å². The van der Waals surface area contributed by atoms with Crippen molar-refractivity contribution >= 4 is 11.4 Å². The van der Waals surface area contributed by atoms with Crippen LogP contribution in [0.2, 0.25) is 0 Å². The molecule has 1 aliphatic heterocycles. The van der Waals surface area contributed by atoms with Crippen LogP contribution in [0.4, 0.5) is 11.4 Å². The van der Waals surface area contributed by atoms with E-state index in [0.29, 0.717) is 0 Å². The number of benzene rings is 1. The maximum absolute atomic E-state index is 10.9. The highest BCUT2D eigenvalue weighted by Gasteiger charge is 2.19. The van der Waals surface area contributed by atoms with Crippen LogP contribution in [-0.4, -0.2) is 43.0 Å². The minimum atomic E-state index is -0.502. The molecule has 6 nitrogen and oxygen atoms in total. The first-order valence-corrected chi connectivity index (χ1v) is 5.74. The van der Waals surface area contributed by atoms with Gasteiger partial charge in [0.1, 0.15) is 11.6 Å². The van der Waals surface area contributed by atoms with Crippen molar-refractivity contribution in [3.05, 3.63) is 33.9 Å². The average molecular weight is 246 g/mol. The number of nitrogens with zero attached hydrogens (tertiary/aromatic N) is 4. The molecule has 18 heavy (non-hydrogen) atoms. The maximum Gasteiger partial charge on any atom is 0.289 e. The van der Waals surface area contributed by atoms with Gasteiger partial charge in [0.25, 0.3) is 5.69 Å². The Morgan fingerprint density at radius 2 is 2.00 bits per heavy atom. The standard InChI is InChI=1S/C12H14N4O2/c1-14-4-6-15(7-5-14)11-3-2-10(9-13)12(8-11)16(17)18/h2-3,8H,4-7H2,1H3. The van der Waals surface area contributed by atoms with Crippen LogP contribution in [0.3, 0.4) is 0 Å². The summed E-state index contributed by atoms with van der Waals surface area (Å²) in [5.41, 5.74) is 0.806. The Balaban J connectivity index is 2.27. The Hall–Kier alpha value is -2.13. The van der Waals surface area contributed by atoms with Crippen molar-refractivity contribution in [1.29, 1.82) is 5.26 Å². The lowest BCUT2D eigenvalue weighted by Gasteiger charge is -2.33. The molecular weight excluding hydrogens is 232 g/mol. The number of nitro benzene ring substituents is 1. The van der Waals surface area contributed by atoms with Gasteiger partial charge in [0, 0.05) is 37.9 Å². The van der Waals surface area contributed by atoms with E-state index in [0.717, 1.165) is 31.9 Å². The van der Waals surface area contributed by atoms with Crippen molar-refractivity contribution in [3.63, 3.8) is 0 Å². The summed E-state index contributed by atoms with van der Waals surface area (Å²) in [6.07, 6.45) is 0. The van der Waals surface area contributed by atoms with E-state index in [4.69, 9.17) is 5.26 Å². The summed E-state index contributed by atoms with van der Waals surface area (Å²) >= 11 is 0. The molecule has 1 aliphatic rings. The zero-order valence-electron chi connectivity index (χ0n) is 10.2. The van der Waals surface area contributed by atoms with Crippen LogP contribution >= 0.6 is 0 Å². The van der Waals surface area contributed by atoms with Gasteiger partial charge in [-0.2, -0.15) is 5.26 Å². The molecule has 0 radical (unpaired) electrons. The van der Waals surface area contributed by atoms with Gasteiger partial charge in [-0.3, -0.25) is 10.1 Å². The smallest absolute Gasteiger partial charge is 0.289 e. The zero-order chi connectivity index (χ0) is 13.1. The van der Waals surface area contributed by atoms with Gasteiger partial charge in [-0.25, -0.2) is 0 Å². The molecule has 1 aromatic carbocycles. The van der Waals surface area contributed by atoms with Crippen LogP contribution in [0.25, 0.3) is 0 Å². The van der Waals surface area contributed by atoms with E-state index in [-0.39, 0.29) is 11.3 Å². The monoisotopic (exact) mass is 246 g/mol. The summed E-state index contributed by atoms with van der Waals surface area (Å²) in [6.45, 7) is 3.57. The Morgan fingerprint density at radius 1 is 1.33 bits per heavy atom. The summed E-state index contributed by atoms with van der Waals surface area (Å²) in [5, 5.41) is 19.7. The molecule has 0 saturated carbocycles. The summed E-state index contributed by atoms with van der Waals surface area (Å²) < 4.78 is 0. The van der Waals surface area contributed by atoms with Gasteiger partial charge in [-0.15, -0.1) is 0 Å². The molecule has 0 bridgehead atoms. The third-order valence-corrected chi connectivity index (χ3v) is 3.17. The number of nitro groups is 1. The van der Waals surface area contributed by atoms with Crippen molar-refractivity contribution < 1.29 is 4.92 Å². The Labute approximate surface area is 105 Å². The van der Waals surface area contributed by atoms with Gasteiger partial charge in [-0.1, -0.05) is 0 Å². The number of hydrogen-bond donors (Lipinski definition) is 0. The molecule has 1 saturated heterocycles. The SMILES string of the molecule is CN1CCN(c2ccc(C#N)c([N+](=O)[O-])c2)CC1. The van der Waals surface area contributed by atoms with Crippen LogP contribution in [0.1, 0.15) is 5.56 Å². The normalized spacial score (nSPS) is 16.3. The molecule has 0 aromatic heterocycles. The highest BCUT2D eigenvalue weighted by Crippen LogP contribution is 2.25. The third kappa shape index (κ3) is 2.41. The molecule has 0 N–H and O–H groups in total. The molecule has 2 rings (SSSR count). The van der Waals surface area contributed by atoms with Gasteiger partial charge in [0.05, 0.1) is 4.92 Å². The molecule has 1 heterocycles. The van der Waals surface area contributed by atoms with Crippen molar-refractivity contribution in [2.75, 3.05) is 38.1 Å². The first kappa shape index (κ1) is 12.3. The molecule has 0 unspecified atom stereocenters. The lowest BCUT2D eigenvalue weighted by Crippen LogP contribution is -2.44. The van der Waals surface area contributed by atoms with Crippen LogP contribution in [0, 0.1) is 21.4 Å². The number of rotatable bonds is 2. The second-order valence-electron chi connectivity index (χ2n) is 4.36. The number of anilines is 1. The fourth-order valence-corrected chi connectivity index (χ4v) is 2.03. The third-order valence-electron chi connectivity index (χ3n) is 3.17. The van der Waals surface area contributed by atoms with Gasteiger partial charge in [-0.05, 0) is 19.2 Å². The van der Waals surface area contributed by atoms with E-state index in [1.54, 1.807) is 6.07 Å². The molecule has 0 aliphatic carbocycles. The molecule has 6 heteroatoms. The van der Waals surface area contributed by atoms with Crippen LogP contribution in [0.15, 0.2) is 18.2 Å². The van der Waals surface area contributed by atoms with Gasteiger partial charge in [0.15, 0.2) is 0 Å². The van der Waals surface area contributed by atoms with Crippen molar-refractivity contribution in [1.82, 2.24) is 4.90 Å². The van der Waals surface area contributed by atoms with Crippen LogP contribution < -0.4 is 4.90 Å². The predicted molar refractivity (Wildman–Crippen MR) is 67.5 cm³/mol. The molecule has 1 aromatic rings. The second kappa shape index (κ2) is 5.02. The fourth-order valence-electron chi connectivity index (χ4n) is 2.03. The Morgan fingerprint density at radius 3 is 2.56 bits per heavy atom. The molecule has 94 valence electrons. The molecule has 0 amide bonds. The van der Waals surface area contributed by atoms with Crippen LogP contribution in [-0.2, 0) is 0 Å². The number of likely N-dealkylation sites (N-methyl/N-ethyl adjacent to an activating group) is 1. The lowest BCUT2D eigenvalue weighted by atomic mass is 10.1. The van der Waals surface area contributed by atoms with Gasteiger partial charge < -0.3 is 9.80 Å². The Kier molecular flexibility index (Phi) is 3.44.